The highest BCUT2D eigenvalue weighted by Crippen LogP contribution is 2.18. The van der Waals surface area contributed by atoms with E-state index in [1.54, 1.807) is 30.5 Å². The SMILES string of the molecule is O=C(Nc1nccs1)c1ccc(OC[C@@H]2CCCO2)cc1. The predicted molar refractivity (Wildman–Crippen MR) is 81.0 cm³/mol. The Morgan fingerprint density at radius 1 is 1.43 bits per heavy atom. The lowest BCUT2D eigenvalue weighted by molar-refractivity contribution is 0.0679. The predicted octanol–water partition coefficient (Wildman–Crippen LogP) is 2.95. The average molecular weight is 304 g/mol. The van der Waals surface area contributed by atoms with Gasteiger partial charge in [-0.15, -0.1) is 11.3 Å². The fourth-order valence-corrected chi connectivity index (χ4v) is 2.65. The molecule has 1 aliphatic rings. The van der Waals surface area contributed by atoms with E-state index in [4.69, 9.17) is 9.47 Å². The first-order valence-electron chi connectivity index (χ1n) is 6.86. The summed E-state index contributed by atoms with van der Waals surface area (Å²) in [4.78, 5) is 16.0. The van der Waals surface area contributed by atoms with Crippen molar-refractivity contribution in [1.29, 1.82) is 0 Å². The van der Waals surface area contributed by atoms with Crippen molar-refractivity contribution in [2.75, 3.05) is 18.5 Å². The summed E-state index contributed by atoms with van der Waals surface area (Å²) in [6.07, 6.45) is 4.00. The van der Waals surface area contributed by atoms with Crippen LogP contribution in [0.15, 0.2) is 35.8 Å². The summed E-state index contributed by atoms with van der Waals surface area (Å²) < 4.78 is 11.2. The Labute approximate surface area is 126 Å². The summed E-state index contributed by atoms with van der Waals surface area (Å²) in [6, 6.07) is 7.08. The van der Waals surface area contributed by atoms with Crippen molar-refractivity contribution in [1.82, 2.24) is 4.98 Å². The molecule has 3 rings (SSSR count). The Morgan fingerprint density at radius 2 is 2.29 bits per heavy atom. The minimum absolute atomic E-state index is 0.171. The molecule has 1 aromatic carbocycles. The zero-order valence-corrected chi connectivity index (χ0v) is 12.3. The molecule has 1 aromatic heterocycles. The molecule has 0 radical (unpaired) electrons. The van der Waals surface area contributed by atoms with Crippen molar-refractivity contribution in [3.05, 3.63) is 41.4 Å². The number of carbonyl (C=O) groups excluding carboxylic acids is 1. The quantitative estimate of drug-likeness (QED) is 0.922. The highest BCUT2D eigenvalue weighted by Gasteiger charge is 2.16. The van der Waals surface area contributed by atoms with Crippen LogP contribution in [-0.2, 0) is 4.74 Å². The summed E-state index contributed by atoms with van der Waals surface area (Å²) in [5, 5.41) is 5.16. The molecule has 1 N–H and O–H groups in total. The highest BCUT2D eigenvalue weighted by atomic mass is 32.1. The molecule has 21 heavy (non-hydrogen) atoms. The number of aromatic nitrogens is 1. The van der Waals surface area contributed by atoms with Gasteiger partial charge in [-0.05, 0) is 37.1 Å². The topological polar surface area (TPSA) is 60.5 Å². The molecule has 0 unspecified atom stereocenters. The zero-order chi connectivity index (χ0) is 14.5. The molecular formula is C15H16N2O3S. The average Bonchev–Trinajstić information content (AvgIpc) is 3.19. The van der Waals surface area contributed by atoms with Crippen LogP contribution in [0.2, 0.25) is 0 Å². The Morgan fingerprint density at radius 3 is 2.95 bits per heavy atom. The molecule has 1 saturated heterocycles. The van der Waals surface area contributed by atoms with Crippen LogP contribution < -0.4 is 10.1 Å². The number of carbonyl (C=O) groups is 1. The van der Waals surface area contributed by atoms with Crippen molar-refractivity contribution in [2.45, 2.75) is 18.9 Å². The van der Waals surface area contributed by atoms with E-state index >= 15 is 0 Å². The number of benzene rings is 1. The van der Waals surface area contributed by atoms with Gasteiger partial charge >= 0.3 is 0 Å². The smallest absolute Gasteiger partial charge is 0.257 e. The largest absolute Gasteiger partial charge is 0.491 e. The molecular weight excluding hydrogens is 288 g/mol. The van der Waals surface area contributed by atoms with Crippen molar-refractivity contribution in [2.24, 2.45) is 0 Å². The van der Waals surface area contributed by atoms with Crippen LogP contribution >= 0.6 is 11.3 Å². The van der Waals surface area contributed by atoms with Crippen molar-refractivity contribution < 1.29 is 14.3 Å². The highest BCUT2D eigenvalue weighted by molar-refractivity contribution is 7.13. The molecule has 5 nitrogen and oxygen atoms in total. The number of thiazole rings is 1. The van der Waals surface area contributed by atoms with Crippen LogP contribution in [0.3, 0.4) is 0 Å². The number of anilines is 1. The third-order valence-electron chi connectivity index (χ3n) is 3.23. The molecule has 0 aliphatic carbocycles. The van der Waals surface area contributed by atoms with Crippen molar-refractivity contribution >= 4 is 22.4 Å². The minimum Gasteiger partial charge on any atom is -0.491 e. The van der Waals surface area contributed by atoms with Gasteiger partial charge in [-0.3, -0.25) is 10.1 Å². The molecule has 110 valence electrons. The fraction of sp³-hybridized carbons (Fsp3) is 0.333. The number of nitrogens with one attached hydrogen (secondary N) is 1. The van der Waals surface area contributed by atoms with E-state index in [2.05, 4.69) is 10.3 Å². The van der Waals surface area contributed by atoms with Crippen LogP contribution in [0.1, 0.15) is 23.2 Å². The molecule has 1 atom stereocenters. The lowest BCUT2D eigenvalue weighted by Gasteiger charge is -2.11. The monoisotopic (exact) mass is 304 g/mol. The second-order valence-electron chi connectivity index (χ2n) is 4.76. The normalized spacial score (nSPS) is 17.6. The van der Waals surface area contributed by atoms with Crippen LogP contribution in [-0.4, -0.2) is 30.2 Å². The van der Waals surface area contributed by atoms with Gasteiger partial charge in [-0.2, -0.15) is 0 Å². The van der Waals surface area contributed by atoms with E-state index in [0.29, 0.717) is 17.3 Å². The van der Waals surface area contributed by atoms with Gasteiger partial charge in [0.25, 0.3) is 5.91 Å². The van der Waals surface area contributed by atoms with Crippen molar-refractivity contribution in [3.63, 3.8) is 0 Å². The van der Waals surface area contributed by atoms with Gasteiger partial charge in [-0.1, -0.05) is 0 Å². The van der Waals surface area contributed by atoms with E-state index in [1.807, 2.05) is 5.38 Å². The number of rotatable bonds is 5. The van der Waals surface area contributed by atoms with Crippen LogP contribution in [0, 0.1) is 0 Å². The van der Waals surface area contributed by atoms with Gasteiger partial charge in [0.2, 0.25) is 0 Å². The minimum atomic E-state index is -0.171. The maximum absolute atomic E-state index is 12.0. The van der Waals surface area contributed by atoms with Crippen LogP contribution in [0.5, 0.6) is 5.75 Å². The molecule has 1 amide bonds. The van der Waals surface area contributed by atoms with Crippen LogP contribution in [0.4, 0.5) is 5.13 Å². The van der Waals surface area contributed by atoms with Gasteiger partial charge in [0.1, 0.15) is 12.4 Å². The molecule has 1 aliphatic heterocycles. The lowest BCUT2D eigenvalue weighted by atomic mass is 10.2. The van der Waals surface area contributed by atoms with Gasteiger partial charge in [0.15, 0.2) is 5.13 Å². The molecule has 1 fully saturated rings. The summed E-state index contributed by atoms with van der Waals surface area (Å²) in [5.41, 5.74) is 0.578. The summed E-state index contributed by atoms with van der Waals surface area (Å²) in [6.45, 7) is 1.38. The molecule has 2 aromatic rings. The maximum Gasteiger partial charge on any atom is 0.257 e. The van der Waals surface area contributed by atoms with E-state index in [1.165, 1.54) is 11.3 Å². The number of hydrogen-bond donors (Lipinski definition) is 1. The first-order valence-corrected chi connectivity index (χ1v) is 7.74. The summed E-state index contributed by atoms with van der Waals surface area (Å²) in [5.74, 6) is 0.576. The third kappa shape index (κ3) is 3.80. The van der Waals surface area contributed by atoms with Gasteiger partial charge in [0.05, 0.1) is 6.10 Å². The van der Waals surface area contributed by atoms with E-state index in [0.717, 1.165) is 25.2 Å². The van der Waals surface area contributed by atoms with Gasteiger partial charge < -0.3 is 9.47 Å². The standard InChI is InChI=1S/C15H16N2O3S/c18-14(17-15-16-7-9-21-15)11-3-5-12(6-4-11)20-10-13-2-1-8-19-13/h3-7,9,13H,1-2,8,10H2,(H,16,17,18)/t13-/m0/s1. The Bertz CT molecular complexity index is 577. The molecule has 0 bridgehead atoms. The number of amides is 1. The summed E-state index contributed by atoms with van der Waals surface area (Å²) >= 11 is 1.39. The van der Waals surface area contributed by atoms with Crippen LogP contribution in [0.25, 0.3) is 0 Å². The third-order valence-corrected chi connectivity index (χ3v) is 3.92. The summed E-state index contributed by atoms with van der Waals surface area (Å²) in [7, 11) is 0. The Kier molecular flexibility index (Phi) is 4.47. The van der Waals surface area contributed by atoms with Gasteiger partial charge in [0, 0.05) is 23.7 Å². The zero-order valence-electron chi connectivity index (χ0n) is 11.5. The van der Waals surface area contributed by atoms with Crippen molar-refractivity contribution in [3.8, 4) is 5.75 Å². The number of hydrogen-bond acceptors (Lipinski definition) is 5. The Hall–Kier alpha value is -1.92. The van der Waals surface area contributed by atoms with Gasteiger partial charge in [-0.25, -0.2) is 4.98 Å². The molecule has 0 saturated carbocycles. The second kappa shape index (κ2) is 6.69. The van der Waals surface area contributed by atoms with E-state index < -0.39 is 0 Å². The molecule has 2 heterocycles. The fourth-order valence-electron chi connectivity index (χ4n) is 2.12. The van der Waals surface area contributed by atoms with E-state index in [-0.39, 0.29) is 12.0 Å². The molecule has 0 spiro atoms. The van der Waals surface area contributed by atoms with E-state index in [9.17, 15) is 4.79 Å². The number of ether oxygens (including phenoxy) is 2. The first-order chi connectivity index (χ1) is 10.3. The Balaban J connectivity index is 1.54. The second-order valence-corrected chi connectivity index (χ2v) is 5.66. The lowest BCUT2D eigenvalue weighted by Crippen LogP contribution is -2.16. The maximum atomic E-state index is 12.0. The number of nitrogens with zero attached hydrogens (tertiary/aromatic N) is 1. The first kappa shape index (κ1) is 14.0. The molecule has 6 heteroatoms.